The van der Waals surface area contributed by atoms with Crippen LogP contribution in [-0.2, 0) is 9.53 Å². The summed E-state index contributed by atoms with van der Waals surface area (Å²) in [5.41, 5.74) is 1.02. The van der Waals surface area contributed by atoms with Gasteiger partial charge in [0.1, 0.15) is 5.75 Å². The number of aliphatic hydroxyl groups excluding tert-OH is 1. The monoisotopic (exact) mass is 347 g/mol. The fourth-order valence-corrected chi connectivity index (χ4v) is 3.99. The van der Waals surface area contributed by atoms with Crippen LogP contribution in [0.15, 0.2) is 18.2 Å². The van der Waals surface area contributed by atoms with E-state index in [0.29, 0.717) is 26.3 Å². The van der Waals surface area contributed by atoms with E-state index in [1.165, 1.54) is 0 Å². The van der Waals surface area contributed by atoms with E-state index in [-0.39, 0.29) is 23.8 Å². The predicted molar refractivity (Wildman–Crippen MR) is 95.6 cm³/mol. The zero-order valence-corrected chi connectivity index (χ0v) is 15.7. The normalized spacial score (nSPS) is 26.4. The van der Waals surface area contributed by atoms with E-state index >= 15 is 0 Å². The summed E-state index contributed by atoms with van der Waals surface area (Å²) in [5.74, 6) is 0.914. The van der Waals surface area contributed by atoms with Crippen LogP contribution in [0.5, 0.6) is 5.75 Å². The second-order valence-electron chi connectivity index (χ2n) is 8.04. The molecule has 5 heteroatoms. The molecule has 2 heterocycles. The minimum Gasteiger partial charge on any atom is -0.478 e. The van der Waals surface area contributed by atoms with E-state index in [1.54, 1.807) is 0 Å². The smallest absolute Gasteiger partial charge is 0.266 e. The predicted octanol–water partition coefficient (Wildman–Crippen LogP) is 2.32. The Morgan fingerprint density at radius 2 is 2.20 bits per heavy atom. The van der Waals surface area contributed by atoms with E-state index < -0.39 is 5.60 Å². The van der Waals surface area contributed by atoms with Gasteiger partial charge in [0.15, 0.2) is 5.60 Å². The van der Waals surface area contributed by atoms with Crippen molar-refractivity contribution in [2.24, 2.45) is 11.3 Å². The minimum absolute atomic E-state index is 0.0318. The Bertz CT molecular complexity index is 657. The van der Waals surface area contributed by atoms with E-state index in [1.807, 2.05) is 50.8 Å². The number of nitrogens with zero attached hydrogens (tertiary/aromatic N) is 1. The van der Waals surface area contributed by atoms with Gasteiger partial charge in [-0.05, 0) is 51.3 Å². The first-order chi connectivity index (χ1) is 11.8. The van der Waals surface area contributed by atoms with Gasteiger partial charge in [-0.3, -0.25) is 4.79 Å². The van der Waals surface area contributed by atoms with Crippen molar-refractivity contribution in [2.75, 3.05) is 32.9 Å². The largest absolute Gasteiger partial charge is 0.478 e. The Morgan fingerprint density at radius 3 is 2.88 bits per heavy atom. The maximum absolute atomic E-state index is 13.1. The summed E-state index contributed by atoms with van der Waals surface area (Å²) in [6.45, 7) is 10.3. The molecule has 2 aliphatic rings. The Kier molecular flexibility index (Phi) is 4.82. The number of carbonyl (C=O) groups is 1. The molecule has 0 saturated carbocycles. The fraction of sp³-hybridized carbons (Fsp3) is 0.650. The van der Waals surface area contributed by atoms with Crippen LogP contribution in [0.3, 0.4) is 0 Å². The van der Waals surface area contributed by atoms with Gasteiger partial charge in [0.25, 0.3) is 5.91 Å². The molecule has 2 atom stereocenters. The number of hydrogen-bond acceptors (Lipinski definition) is 4. The summed E-state index contributed by atoms with van der Waals surface area (Å²) in [4.78, 5) is 15.0. The average Bonchev–Trinajstić information content (AvgIpc) is 2.98. The van der Waals surface area contributed by atoms with Gasteiger partial charge in [0.2, 0.25) is 0 Å². The third-order valence-electron chi connectivity index (χ3n) is 5.91. The Hall–Kier alpha value is -1.59. The Labute approximate surface area is 149 Å². The number of carbonyl (C=O) groups excluding carboxylic acids is 1. The van der Waals surface area contributed by atoms with Crippen molar-refractivity contribution in [1.82, 2.24) is 4.90 Å². The van der Waals surface area contributed by atoms with Gasteiger partial charge < -0.3 is 19.5 Å². The molecule has 25 heavy (non-hydrogen) atoms. The molecular formula is C20H29NO4. The highest BCUT2D eigenvalue weighted by molar-refractivity contribution is 5.85. The summed E-state index contributed by atoms with van der Waals surface area (Å²) in [6.07, 6.45) is 0.802. The molecule has 0 aliphatic carbocycles. The van der Waals surface area contributed by atoms with Gasteiger partial charge in [0, 0.05) is 31.0 Å². The molecule has 2 aliphatic heterocycles. The van der Waals surface area contributed by atoms with E-state index in [4.69, 9.17) is 9.47 Å². The Balaban J connectivity index is 1.76. The number of likely N-dealkylation sites (tertiary alicyclic amines) is 1. The van der Waals surface area contributed by atoms with Crippen molar-refractivity contribution in [3.8, 4) is 5.75 Å². The molecule has 1 amide bonds. The number of hydrogen-bond donors (Lipinski definition) is 1. The standard InChI is InChI=1S/C20H29NO4/c1-14-6-5-7-17(15(14)2)25-19(3,4)18(23)21-10-16-11-24-9-8-20(16,12-21)13-22/h5-7,16,22H,8-13H2,1-4H3/t16-,20-/m1/s1. The van der Waals surface area contributed by atoms with E-state index in [2.05, 4.69) is 0 Å². The highest BCUT2D eigenvalue weighted by Gasteiger charge is 2.51. The summed E-state index contributed by atoms with van der Waals surface area (Å²) < 4.78 is 11.7. The Morgan fingerprint density at radius 1 is 1.44 bits per heavy atom. The van der Waals surface area contributed by atoms with Crippen molar-refractivity contribution < 1.29 is 19.4 Å². The molecule has 2 fully saturated rings. The molecule has 1 aromatic rings. The molecule has 1 N–H and O–H groups in total. The molecule has 2 saturated heterocycles. The van der Waals surface area contributed by atoms with Crippen LogP contribution in [-0.4, -0.2) is 54.4 Å². The van der Waals surface area contributed by atoms with Crippen molar-refractivity contribution in [3.05, 3.63) is 29.3 Å². The first-order valence-corrected chi connectivity index (χ1v) is 9.02. The fourth-order valence-electron chi connectivity index (χ4n) is 3.99. The molecule has 0 bridgehead atoms. The lowest BCUT2D eigenvalue weighted by molar-refractivity contribution is -0.145. The molecule has 0 unspecified atom stereocenters. The van der Waals surface area contributed by atoms with Crippen molar-refractivity contribution >= 4 is 5.91 Å². The van der Waals surface area contributed by atoms with E-state index in [9.17, 15) is 9.90 Å². The van der Waals surface area contributed by atoms with Crippen LogP contribution in [0.1, 0.15) is 31.4 Å². The van der Waals surface area contributed by atoms with Crippen molar-refractivity contribution in [1.29, 1.82) is 0 Å². The van der Waals surface area contributed by atoms with Crippen LogP contribution < -0.4 is 4.74 Å². The minimum atomic E-state index is -0.955. The number of amides is 1. The summed E-state index contributed by atoms with van der Waals surface area (Å²) in [7, 11) is 0. The topological polar surface area (TPSA) is 59.0 Å². The number of aliphatic hydroxyl groups is 1. The lowest BCUT2D eigenvalue weighted by Gasteiger charge is -2.36. The third-order valence-corrected chi connectivity index (χ3v) is 5.91. The number of aryl methyl sites for hydroxylation is 1. The first-order valence-electron chi connectivity index (χ1n) is 9.02. The quantitative estimate of drug-likeness (QED) is 0.908. The van der Waals surface area contributed by atoms with Gasteiger partial charge in [-0.2, -0.15) is 0 Å². The van der Waals surface area contributed by atoms with Crippen LogP contribution >= 0.6 is 0 Å². The molecule has 5 nitrogen and oxygen atoms in total. The average molecular weight is 347 g/mol. The lowest BCUT2D eigenvalue weighted by Crippen LogP contribution is -2.49. The van der Waals surface area contributed by atoms with Crippen LogP contribution in [0.2, 0.25) is 0 Å². The van der Waals surface area contributed by atoms with Crippen LogP contribution in [0, 0.1) is 25.2 Å². The zero-order chi connectivity index (χ0) is 18.2. The third kappa shape index (κ3) is 3.27. The maximum atomic E-state index is 13.1. The number of fused-ring (bicyclic) bond motifs is 1. The second kappa shape index (κ2) is 6.61. The molecule has 0 spiro atoms. The summed E-state index contributed by atoms with van der Waals surface area (Å²) >= 11 is 0. The SMILES string of the molecule is Cc1cccc(OC(C)(C)C(=O)N2C[C@@H]3COCC[C@]3(CO)C2)c1C. The molecule has 0 aromatic heterocycles. The number of rotatable bonds is 4. The number of benzene rings is 1. The van der Waals surface area contributed by atoms with Gasteiger partial charge in [0.05, 0.1) is 13.2 Å². The molecule has 138 valence electrons. The van der Waals surface area contributed by atoms with Gasteiger partial charge >= 0.3 is 0 Å². The number of ether oxygens (including phenoxy) is 2. The van der Waals surface area contributed by atoms with Gasteiger partial charge in [-0.15, -0.1) is 0 Å². The first kappa shape index (κ1) is 18.2. The molecule has 1 aromatic carbocycles. The molecular weight excluding hydrogens is 318 g/mol. The molecule has 0 radical (unpaired) electrons. The van der Waals surface area contributed by atoms with Crippen LogP contribution in [0.25, 0.3) is 0 Å². The maximum Gasteiger partial charge on any atom is 0.266 e. The summed E-state index contributed by atoms with van der Waals surface area (Å²) in [5, 5.41) is 9.93. The van der Waals surface area contributed by atoms with E-state index in [0.717, 1.165) is 23.3 Å². The summed E-state index contributed by atoms with van der Waals surface area (Å²) in [6, 6.07) is 5.89. The van der Waals surface area contributed by atoms with Crippen molar-refractivity contribution in [3.63, 3.8) is 0 Å². The van der Waals surface area contributed by atoms with Gasteiger partial charge in [-0.1, -0.05) is 12.1 Å². The van der Waals surface area contributed by atoms with Gasteiger partial charge in [-0.25, -0.2) is 0 Å². The van der Waals surface area contributed by atoms with Crippen molar-refractivity contribution in [2.45, 2.75) is 39.7 Å². The second-order valence-corrected chi connectivity index (χ2v) is 8.04. The highest BCUT2D eigenvalue weighted by Crippen LogP contribution is 2.42. The molecule has 3 rings (SSSR count). The lowest BCUT2D eigenvalue weighted by atomic mass is 9.75. The zero-order valence-electron chi connectivity index (χ0n) is 15.7. The van der Waals surface area contributed by atoms with Crippen LogP contribution in [0.4, 0.5) is 0 Å². The highest BCUT2D eigenvalue weighted by atomic mass is 16.5.